The molecule has 0 N–H and O–H groups in total. The third kappa shape index (κ3) is 4.33. The Bertz CT molecular complexity index is 2490. The van der Waals surface area contributed by atoms with Crippen molar-refractivity contribution in [2.24, 2.45) is 5.92 Å². The number of halogens is 1. The fourth-order valence-electron chi connectivity index (χ4n) is 7.28. The highest BCUT2D eigenvalue weighted by Crippen LogP contribution is 2.43. The Morgan fingerprint density at radius 2 is 1.17 bits per heavy atom. The smallest absolute Gasteiger partial charge is 0.264 e. The molecule has 0 aliphatic carbocycles. The first-order valence-electron chi connectivity index (χ1n) is 16.1. The van der Waals surface area contributed by atoms with Crippen molar-refractivity contribution in [2.75, 3.05) is 6.61 Å². The summed E-state index contributed by atoms with van der Waals surface area (Å²) in [5.74, 6) is 1.33. The summed E-state index contributed by atoms with van der Waals surface area (Å²) in [6.45, 7) is 5.13. The Balaban J connectivity index is 1.43. The van der Waals surface area contributed by atoms with Crippen LogP contribution in [0.5, 0.6) is 5.75 Å². The van der Waals surface area contributed by atoms with Gasteiger partial charge >= 0.3 is 0 Å². The zero-order chi connectivity index (χ0) is 31.5. The van der Waals surface area contributed by atoms with E-state index in [1.165, 1.54) is 19.3 Å². The van der Waals surface area contributed by atoms with Crippen LogP contribution in [-0.4, -0.2) is 15.4 Å². The van der Waals surface area contributed by atoms with Crippen LogP contribution in [0.1, 0.15) is 39.5 Å². The minimum absolute atomic E-state index is 0.0833. The molecule has 0 spiro atoms. The summed E-state index contributed by atoms with van der Waals surface area (Å²) in [6, 6.07) is 31.8. The molecule has 1 unspecified atom stereocenters. The van der Waals surface area contributed by atoms with Crippen LogP contribution < -0.4 is 15.9 Å². The van der Waals surface area contributed by atoms with Crippen molar-refractivity contribution in [3.8, 4) is 28.0 Å². The number of hydrogen-bond donors (Lipinski definition) is 0. The van der Waals surface area contributed by atoms with Gasteiger partial charge in [-0.15, -0.1) is 0 Å². The molecule has 228 valence electrons. The standard InChI is InChI=1S/C40H33IN2O3/c1-3-5-10-24(4-2)23-46-28-21-17-26(18-22-28)34-36-30-12-7-9-14-32(30)42-38(36)37-35(29-11-6-8-13-31(29)43(37)40(34)45)33(39(42)44)25-15-19-27(41)20-16-25/h6-9,11-22,24H,3-5,10,23H2,1-2H3. The molecule has 4 aromatic carbocycles. The normalized spacial score (nSPS) is 12.8. The molecular weight excluding hydrogens is 683 g/mol. The van der Waals surface area contributed by atoms with E-state index in [4.69, 9.17) is 4.74 Å². The number of benzene rings is 4. The number of para-hydroxylation sites is 2. The Morgan fingerprint density at radius 3 is 1.67 bits per heavy atom. The minimum Gasteiger partial charge on any atom is -0.493 e. The van der Waals surface area contributed by atoms with Crippen LogP contribution in [0.3, 0.4) is 0 Å². The molecule has 0 aliphatic rings. The maximum Gasteiger partial charge on any atom is 0.264 e. The molecule has 0 saturated carbocycles. The second-order valence-corrected chi connectivity index (χ2v) is 13.5. The lowest BCUT2D eigenvalue weighted by Crippen LogP contribution is -2.20. The van der Waals surface area contributed by atoms with Gasteiger partial charge in [0, 0.05) is 25.1 Å². The van der Waals surface area contributed by atoms with Crippen LogP contribution in [0.2, 0.25) is 0 Å². The number of ether oxygens (including phenoxy) is 1. The van der Waals surface area contributed by atoms with Crippen molar-refractivity contribution in [1.29, 1.82) is 0 Å². The monoisotopic (exact) mass is 716 g/mol. The van der Waals surface area contributed by atoms with Gasteiger partial charge < -0.3 is 4.74 Å². The van der Waals surface area contributed by atoms with Crippen molar-refractivity contribution >= 4 is 66.2 Å². The van der Waals surface area contributed by atoms with Gasteiger partial charge in [-0.25, -0.2) is 0 Å². The third-order valence-corrected chi connectivity index (χ3v) is 10.3. The first-order valence-corrected chi connectivity index (χ1v) is 17.2. The summed E-state index contributed by atoms with van der Waals surface area (Å²) in [7, 11) is 0. The number of rotatable bonds is 9. The predicted molar refractivity (Wildman–Crippen MR) is 198 cm³/mol. The third-order valence-electron chi connectivity index (χ3n) is 9.61. The van der Waals surface area contributed by atoms with Gasteiger partial charge in [0.2, 0.25) is 0 Å². The number of aromatic nitrogens is 2. The number of unbranched alkanes of at least 4 members (excludes halogenated alkanes) is 1. The minimum atomic E-state index is -0.0940. The van der Waals surface area contributed by atoms with Gasteiger partial charge in [-0.1, -0.05) is 93.8 Å². The van der Waals surface area contributed by atoms with E-state index < -0.39 is 0 Å². The molecule has 0 amide bonds. The molecule has 6 heteroatoms. The SMILES string of the molecule is CCCCC(CC)COc1ccc(-c2c(=O)n3c4ccccc4c4c(-c5ccc(I)cc5)c(=O)n5c6ccccc6c2c5c43)cc1. The van der Waals surface area contributed by atoms with E-state index in [-0.39, 0.29) is 11.1 Å². The van der Waals surface area contributed by atoms with Crippen LogP contribution >= 0.6 is 22.6 Å². The van der Waals surface area contributed by atoms with Gasteiger partial charge in [0.25, 0.3) is 11.1 Å². The Labute approximate surface area is 279 Å². The molecule has 8 rings (SSSR count). The molecule has 4 heterocycles. The highest BCUT2D eigenvalue weighted by Gasteiger charge is 2.29. The lowest BCUT2D eigenvalue weighted by Gasteiger charge is -2.16. The molecule has 0 bridgehead atoms. The molecule has 0 aliphatic heterocycles. The summed E-state index contributed by atoms with van der Waals surface area (Å²) in [6.07, 6.45) is 4.66. The maximum atomic E-state index is 14.9. The molecule has 8 aromatic rings. The van der Waals surface area contributed by atoms with Crippen molar-refractivity contribution in [3.05, 3.63) is 121 Å². The van der Waals surface area contributed by atoms with Crippen molar-refractivity contribution in [1.82, 2.24) is 8.80 Å². The van der Waals surface area contributed by atoms with Crippen molar-refractivity contribution < 1.29 is 4.74 Å². The number of hydrogen-bond acceptors (Lipinski definition) is 3. The molecule has 0 fully saturated rings. The zero-order valence-electron chi connectivity index (χ0n) is 25.8. The van der Waals surface area contributed by atoms with Crippen LogP contribution in [0.4, 0.5) is 0 Å². The highest BCUT2D eigenvalue weighted by molar-refractivity contribution is 14.1. The Hall–Kier alpha value is -4.43. The van der Waals surface area contributed by atoms with Gasteiger partial charge in [0.1, 0.15) is 5.75 Å². The average molecular weight is 717 g/mol. The molecule has 0 saturated heterocycles. The van der Waals surface area contributed by atoms with Crippen LogP contribution in [0.15, 0.2) is 107 Å². The first kappa shape index (κ1) is 29.0. The first-order chi connectivity index (χ1) is 22.5. The maximum absolute atomic E-state index is 14.9. The van der Waals surface area contributed by atoms with Crippen LogP contribution in [-0.2, 0) is 0 Å². The quantitative estimate of drug-likeness (QED) is 0.140. The molecule has 46 heavy (non-hydrogen) atoms. The lowest BCUT2D eigenvalue weighted by molar-refractivity contribution is 0.233. The lowest BCUT2D eigenvalue weighted by atomic mass is 9.97. The van der Waals surface area contributed by atoms with Crippen molar-refractivity contribution in [2.45, 2.75) is 39.5 Å². The average Bonchev–Trinajstić information content (AvgIpc) is 3.61. The summed E-state index contributed by atoms with van der Waals surface area (Å²) in [5.41, 5.74) is 5.84. The van der Waals surface area contributed by atoms with E-state index in [2.05, 4.69) is 36.4 Å². The number of nitrogens with zero attached hydrogens (tertiary/aromatic N) is 2. The molecular formula is C40H33IN2O3. The Morgan fingerprint density at radius 1 is 0.674 bits per heavy atom. The zero-order valence-corrected chi connectivity index (χ0v) is 28.0. The largest absolute Gasteiger partial charge is 0.493 e. The summed E-state index contributed by atoms with van der Waals surface area (Å²) < 4.78 is 11.0. The van der Waals surface area contributed by atoms with Gasteiger partial charge in [-0.2, -0.15) is 0 Å². The second-order valence-electron chi connectivity index (χ2n) is 12.3. The number of fused-ring (bicyclic) bond motifs is 6. The van der Waals surface area contributed by atoms with Gasteiger partial charge in [0.05, 0.1) is 39.8 Å². The van der Waals surface area contributed by atoms with Gasteiger partial charge in [-0.05, 0) is 82.5 Å². The topological polar surface area (TPSA) is 52.2 Å². The molecule has 5 nitrogen and oxygen atoms in total. The van der Waals surface area contributed by atoms with Crippen molar-refractivity contribution in [3.63, 3.8) is 0 Å². The summed E-state index contributed by atoms with van der Waals surface area (Å²) in [4.78, 5) is 29.6. The van der Waals surface area contributed by atoms with E-state index >= 15 is 0 Å². The summed E-state index contributed by atoms with van der Waals surface area (Å²) >= 11 is 2.28. The molecule has 1 atom stereocenters. The van der Waals surface area contributed by atoms with Crippen LogP contribution in [0, 0.1) is 9.49 Å². The fraction of sp³-hybridized carbons (Fsp3) is 0.200. The Kier molecular flexibility index (Phi) is 7.20. The molecule has 0 radical (unpaired) electrons. The van der Waals surface area contributed by atoms with E-state index in [9.17, 15) is 9.59 Å². The van der Waals surface area contributed by atoms with E-state index in [1.807, 2.05) is 106 Å². The highest BCUT2D eigenvalue weighted by atomic mass is 127. The van der Waals surface area contributed by atoms with E-state index in [0.717, 1.165) is 70.5 Å². The summed E-state index contributed by atoms with van der Waals surface area (Å²) in [5, 5.41) is 3.42. The number of pyridine rings is 2. The predicted octanol–water partition coefficient (Wildman–Crippen LogP) is 9.78. The fourth-order valence-corrected chi connectivity index (χ4v) is 7.64. The van der Waals surface area contributed by atoms with E-state index in [0.29, 0.717) is 23.7 Å². The molecule has 4 aromatic heterocycles. The van der Waals surface area contributed by atoms with Gasteiger partial charge in [-0.3, -0.25) is 18.4 Å². The second kappa shape index (κ2) is 11.4. The van der Waals surface area contributed by atoms with E-state index in [1.54, 1.807) is 0 Å². The van der Waals surface area contributed by atoms with Gasteiger partial charge in [0.15, 0.2) is 0 Å². The van der Waals surface area contributed by atoms with Crippen LogP contribution in [0.25, 0.3) is 65.9 Å².